The lowest BCUT2D eigenvalue weighted by Crippen LogP contribution is -2.12. The van der Waals surface area contributed by atoms with E-state index in [1.807, 2.05) is 0 Å². The Bertz CT molecular complexity index is 2910. The van der Waals surface area contributed by atoms with Crippen molar-refractivity contribution < 1.29 is 4.42 Å². The first-order valence-electron chi connectivity index (χ1n) is 18.4. The van der Waals surface area contributed by atoms with Gasteiger partial charge in [0, 0.05) is 27.6 Å². The molecule has 2 nitrogen and oxygen atoms in total. The average Bonchev–Trinajstić information content (AvgIpc) is 3.61. The summed E-state index contributed by atoms with van der Waals surface area (Å²) in [4.78, 5) is 2.41. The molecule has 9 aromatic carbocycles. The van der Waals surface area contributed by atoms with E-state index in [9.17, 15) is 0 Å². The molecule has 0 aliphatic carbocycles. The van der Waals surface area contributed by atoms with E-state index in [1.165, 1.54) is 33.0 Å². The Morgan fingerprint density at radius 3 is 1.37 bits per heavy atom. The third-order valence-electron chi connectivity index (χ3n) is 10.5. The van der Waals surface area contributed by atoms with Crippen LogP contribution in [0.5, 0.6) is 0 Å². The highest BCUT2D eigenvalue weighted by molar-refractivity contribution is 6.11. The van der Waals surface area contributed by atoms with Crippen LogP contribution in [0.1, 0.15) is 0 Å². The average molecular weight is 690 g/mol. The van der Waals surface area contributed by atoms with Crippen molar-refractivity contribution in [2.75, 3.05) is 4.90 Å². The molecule has 0 aliphatic heterocycles. The van der Waals surface area contributed by atoms with Crippen LogP contribution in [0.15, 0.2) is 217 Å². The topological polar surface area (TPSA) is 16.4 Å². The van der Waals surface area contributed by atoms with Gasteiger partial charge in [-0.2, -0.15) is 0 Å². The van der Waals surface area contributed by atoms with E-state index >= 15 is 0 Å². The molecule has 0 saturated carbocycles. The zero-order valence-corrected chi connectivity index (χ0v) is 29.6. The summed E-state index contributed by atoms with van der Waals surface area (Å²) in [5.74, 6) is 0. The zero-order valence-electron chi connectivity index (χ0n) is 29.6. The number of hydrogen-bond donors (Lipinski definition) is 0. The van der Waals surface area contributed by atoms with Crippen molar-refractivity contribution in [1.82, 2.24) is 0 Å². The van der Waals surface area contributed by atoms with Crippen molar-refractivity contribution in [2.45, 2.75) is 0 Å². The fourth-order valence-corrected chi connectivity index (χ4v) is 7.77. The summed E-state index contributed by atoms with van der Waals surface area (Å²) in [7, 11) is 0. The van der Waals surface area contributed by atoms with Gasteiger partial charge in [0.2, 0.25) is 0 Å². The van der Waals surface area contributed by atoms with Crippen LogP contribution in [0.4, 0.5) is 17.1 Å². The molecule has 0 unspecified atom stereocenters. The minimum absolute atomic E-state index is 0.888. The summed E-state index contributed by atoms with van der Waals surface area (Å²) in [6.07, 6.45) is 0. The number of rotatable bonds is 7. The van der Waals surface area contributed by atoms with Crippen LogP contribution in [0, 0.1) is 0 Å². The van der Waals surface area contributed by atoms with Crippen LogP contribution in [0.25, 0.3) is 77.2 Å². The van der Waals surface area contributed by atoms with Crippen LogP contribution < -0.4 is 4.90 Å². The standard InChI is InChI=1S/C52H35NO/c1-3-13-36(14-4-1)38-23-25-40(26-24-38)45-19-9-11-21-49(45)53(44-30-27-39(28-31-44)37-15-5-2-6-16-37)50-22-12-10-20-46(50)43-29-32-51-47(34-43)48-33-41-17-7-8-18-42(41)35-52(48)54-51/h1-35H. The molecule has 0 amide bonds. The van der Waals surface area contributed by atoms with Gasteiger partial charge in [-0.15, -0.1) is 0 Å². The van der Waals surface area contributed by atoms with Gasteiger partial charge in [-0.3, -0.25) is 0 Å². The molecule has 0 fully saturated rings. The first kappa shape index (κ1) is 31.6. The van der Waals surface area contributed by atoms with Gasteiger partial charge in [0.15, 0.2) is 0 Å². The van der Waals surface area contributed by atoms with Gasteiger partial charge in [-0.05, 0) is 92.7 Å². The number of furan rings is 1. The molecule has 0 saturated heterocycles. The molecule has 1 aromatic heterocycles. The van der Waals surface area contributed by atoms with E-state index in [1.54, 1.807) is 0 Å². The van der Waals surface area contributed by atoms with Gasteiger partial charge in [0.25, 0.3) is 0 Å². The van der Waals surface area contributed by atoms with E-state index in [0.717, 1.165) is 61.3 Å². The number of benzene rings is 9. The Balaban J connectivity index is 1.14. The Morgan fingerprint density at radius 2 is 0.741 bits per heavy atom. The highest BCUT2D eigenvalue weighted by atomic mass is 16.3. The van der Waals surface area contributed by atoms with Crippen LogP contribution in [0.3, 0.4) is 0 Å². The number of nitrogens with zero attached hydrogens (tertiary/aromatic N) is 1. The Labute approximate surface area is 314 Å². The maximum atomic E-state index is 6.41. The van der Waals surface area contributed by atoms with Crippen LogP contribution in [-0.2, 0) is 0 Å². The lowest BCUT2D eigenvalue weighted by atomic mass is 9.96. The van der Waals surface area contributed by atoms with Gasteiger partial charge < -0.3 is 9.32 Å². The second kappa shape index (κ2) is 13.4. The summed E-state index contributed by atoms with van der Waals surface area (Å²) in [6.45, 7) is 0. The van der Waals surface area contributed by atoms with E-state index < -0.39 is 0 Å². The Hall–Kier alpha value is -7.16. The van der Waals surface area contributed by atoms with Crippen molar-refractivity contribution in [3.8, 4) is 44.5 Å². The predicted molar refractivity (Wildman–Crippen MR) is 228 cm³/mol. The van der Waals surface area contributed by atoms with Crippen molar-refractivity contribution in [1.29, 1.82) is 0 Å². The number of anilines is 3. The highest BCUT2D eigenvalue weighted by Gasteiger charge is 2.21. The third-order valence-corrected chi connectivity index (χ3v) is 10.5. The molecular formula is C52H35NO. The SMILES string of the molecule is c1ccc(-c2ccc(-c3ccccc3N(c3ccc(-c4ccccc4)cc3)c3ccccc3-c3ccc4oc5cc6ccccc6cc5c4c3)cc2)cc1. The van der Waals surface area contributed by atoms with Crippen LogP contribution in [0.2, 0.25) is 0 Å². The maximum absolute atomic E-state index is 6.41. The van der Waals surface area contributed by atoms with Gasteiger partial charge in [-0.25, -0.2) is 0 Å². The molecule has 10 aromatic rings. The Kier molecular flexibility index (Phi) is 7.85. The minimum Gasteiger partial charge on any atom is -0.456 e. The summed E-state index contributed by atoms with van der Waals surface area (Å²) in [6, 6.07) is 76.0. The van der Waals surface area contributed by atoms with Crippen LogP contribution in [-0.4, -0.2) is 0 Å². The summed E-state index contributed by atoms with van der Waals surface area (Å²) >= 11 is 0. The smallest absolute Gasteiger partial charge is 0.136 e. The van der Waals surface area contributed by atoms with Gasteiger partial charge in [0.05, 0.1) is 11.4 Å². The number of hydrogen-bond acceptors (Lipinski definition) is 2. The van der Waals surface area contributed by atoms with Crippen molar-refractivity contribution in [3.63, 3.8) is 0 Å². The van der Waals surface area contributed by atoms with Crippen molar-refractivity contribution in [2.24, 2.45) is 0 Å². The van der Waals surface area contributed by atoms with E-state index in [0.29, 0.717) is 0 Å². The van der Waals surface area contributed by atoms with Gasteiger partial charge in [-0.1, -0.05) is 164 Å². The first-order chi connectivity index (χ1) is 26.8. The van der Waals surface area contributed by atoms with E-state index in [-0.39, 0.29) is 0 Å². The summed E-state index contributed by atoms with van der Waals surface area (Å²) in [5, 5.41) is 4.62. The monoisotopic (exact) mass is 689 g/mol. The summed E-state index contributed by atoms with van der Waals surface area (Å²) < 4.78 is 6.41. The first-order valence-corrected chi connectivity index (χ1v) is 18.4. The number of fused-ring (bicyclic) bond motifs is 4. The molecule has 254 valence electrons. The third kappa shape index (κ3) is 5.71. The highest BCUT2D eigenvalue weighted by Crippen LogP contribution is 2.46. The zero-order chi connectivity index (χ0) is 35.8. The lowest BCUT2D eigenvalue weighted by Gasteiger charge is -2.30. The maximum Gasteiger partial charge on any atom is 0.136 e. The Morgan fingerprint density at radius 1 is 0.296 bits per heavy atom. The second-order valence-electron chi connectivity index (χ2n) is 13.7. The molecule has 0 atom stereocenters. The molecular weight excluding hydrogens is 655 g/mol. The van der Waals surface area contributed by atoms with Crippen LogP contribution >= 0.6 is 0 Å². The molecule has 0 radical (unpaired) electrons. The molecule has 2 heteroatoms. The summed E-state index contributed by atoms with van der Waals surface area (Å²) in [5.41, 5.74) is 14.4. The van der Waals surface area contributed by atoms with Gasteiger partial charge in [0.1, 0.15) is 11.2 Å². The van der Waals surface area contributed by atoms with E-state index in [2.05, 4.69) is 217 Å². The van der Waals surface area contributed by atoms with Gasteiger partial charge >= 0.3 is 0 Å². The normalized spacial score (nSPS) is 11.3. The lowest BCUT2D eigenvalue weighted by molar-refractivity contribution is 0.669. The molecule has 0 spiro atoms. The number of para-hydroxylation sites is 2. The molecule has 0 N–H and O–H groups in total. The van der Waals surface area contributed by atoms with E-state index in [4.69, 9.17) is 4.42 Å². The molecule has 0 aliphatic rings. The fraction of sp³-hybridized carbons (Fsp3) is 0. The molecule has 0 bridgehead atoms. The largest absolute Gasteiger partial charge is 0.456 e. The molecule has 54 heavy (non-hydrogen) atoms. The predicted octanol–water partition coefficient (Wildman–Crippen LogP) is 14.9. The quantitative estimate of drug-likeness (QED) is 0.166. The molecule has 10 rings (SSSR count). The minimum atomic E-state index is 0.888. The fourth-order valence-electron chi connectivity index (χ4n) is 7.77. The van der Waals surface area contributed by atoms with Crippen molar-refractivity contribution >= 4 is 49.8 Å². The van der Waals surface area contributed by atoms with Crippen molar-refractivity contribution in [3.05, 3.63) is 212 Å². The second-order valence-corrected chi connectivity index (χ2v) is 13.7. The molecule has 1 heterocycles.